The van der Waals surface area contributed by atoms with Crippen LogP contribution in [0, 0.1) is 0 Å². The lowest BCUT2D eigenvalue weighted by molar-refractivity contribution is 0.322. The summed E-state index contributed by atoms with van der Waals surface area (Å²) in [6.45, 7) is 7.02. The number of unbranched alkanes of at least 4 members (excludes halogenated alkanes) is 1. The van der Waals surface area contributed by atoms with Crippen molar-refractivity contribution in [2.24, 2.45) is 5.73 Å². The summed E-state index contributed by atoms with van der Waals surface area (Å²) in [5.74, 6) is 1.09. The third-order valence-corrected chi connectivity index (χ3v) is 1.96. The van der Waals surface area contributed by atoms with Gasteiger partial charge < -0.3 is 10.5 Å². The molecule has 0 fully saturated rings. The first-order chi connectivity index (χ1) is 6.72. The topological polar surface area (TPSA) is 35.2 Å². The highest BCUT2D eigenvalue weighted by molar-refractivity contribution is 5.03. The number of hydrogen-bond acceptors (Lipinski definition) is 2. The molecule has 0 spiro atoms. The normalized spacial score (nSPS) is 10.6. The van der Waals surface area contributed by atoms with Crippen LogP contribution in [0.2, 0.25) is 0 Å². The molecule has 0 unspecified atom stereocenters. The maximum absolute atomic E-state index is 5.55. The van der Waals surface area contributed by atoms with Gasteiger partial charge in [-0.1, -0.05) is 6.92 Å². The van der Waals surface area contributed by atoms with Gasteiger partial charge >= 0.3 is 0 Å². The maximum Gasteiger partial charge on any atom is 0.102 e. The lowest BCUT2D eigenvalue weighted by atomic mass is 10.1. The van der Waals surface area contributed by atoms with Crippen LogP contribution in [0.4, 0.5) is 0 Å². The van der Waals surface area contributed by atoms with Crippen molar-refractivity contribution >= 4 is 0 Å². The zero-order valence-corrected chi connectivity index (χ0v) is 9.68. The monoisotopic (exact) mass is 197 g/mol. The minimum Gasteiger partial charge on any atom is -0.470 e. The summed E-state index contributed by atoms with van der Waals surface area (Å²) < 4.78 is 5.55. The lowest BCUT2D eigenvalue weighted by Gasteiger charge is -2.08. The number of nitrogens with two attached hydrogens (primary N) is 1. The predicted molar refractivity (Wildman–Crippen MR) is 61.8 cm³/mol. The second-order valence-corrected chi connectivity index (χ2v) is 3.57. The van der Waals surface area contributed by atoms with E-state index in [4.69, 9.17) is 10.5 Å². The molecule has 0 aliphatic carbocycles. The summed E-state index contributed by atoms with van der Waals surface area (Å²) in [6.07, 6.45) is 7.98. The Kier molecular flexibility index (Phi) is 8.34. The van der Waals surface area contributed by atoms with E-state index in [0.717, 1.165) is 38.0 Å². The second-order valence-electron chi connectivity index (χ2n) is 3.57. The molecule has 14 heavy (non-hydrogen) atoms. The third-order valence-electron chi connectivity index (χ3n) is 1.96. The van der Waals surface area contributed by atoms with Crippen LogP contribution < -0.4 is 5.73 Å². The minimum absolute atomic E-state index is 0.765. The van der Waals surface area contributed by atoms with Crippen LogP contribution in [0.3, 0.4) is 0 Å². The Hall–Kier alpha value is -0.760. The molecule has 0 radical (unpaired) electrons. The Balaban J connectivity index is 3.92. The van der Waals surface area contributed by atoms with Gasteiger partial charge in [0.05, 0.1) is 6.26 Å². The Bertz CT molecular complexity index is 190. The molecule has 82 valence electrons. The minimum atomic E-state index is 0.765. The van der Waals surface area contributed by atoms with Gasteiger partial charge in [-0.2, -0.15) is 0 Å². The predicted octanol–water partition coefficient (Wildman–Crippen LogP) is 3.35. The molecule has 0 aromatic carbocycles. The summed E-state index contributed by atoms with van der Waals surface area (Å²) in [4.78, 5) is 0. The fourth-order valence-corrected chi connectivity index (χ4v) is 1.08. The van der Waals surface area contributed by atoms with Gasteiger partial charge in [0.25, 0.3) is 0 Å². The molecule has 2 nitrogen and oxygen atoms in total. The Labute approximate surface area is 87.8 Å². The van der Waals surface area contributed by atoms with Gasteiger partial charge in [0.1, 0.15) is 5.76 Å². The molecule has 0 aliphatic rings. The average Bonchev–Trinajstić information content (AvgIpc) is 2.15. The molecule has 0 rings (SSSR count). The van der Waals surface area contributed by atoms with Gasteiger partial charge in [0.2, 0.25) is 0 Å². The molecule has 0 heterocycles. The van der Waals surface area contributed by atoms with E-state index < -0.39 is 0 Å². The van der Waals surface area contributed by atoms with E-state index in [2.05, 4.69) is 20.8 Å². The van der Waals surface area contributed by atoms with Crippen LogP contribution in [0.5, 0.6) is 0 Å². The van der Waals surface area contributed by atoms with Crippen molar-refractivity contribution in [3.63, 3.8) is 0 Å². The van der Waals surface area contributed by atoms with Crippen molar-refractivity contribution in [3.8, 4) is 0 Å². The quantitative estimate of drug-likeness (QED) is 0.502. The highest BCUT2D eigenvalue weighted by atomic mass is 16.5. The van der Waals surface area contributed by atoms with Crippen LogP contribution in [-0.2, 0) is 4.74 Å². The van der Waals surface area contributed by atoms with Gasteiger partial charge in [-0.15, -0.1) is 0 Å². The van der Waals surface area contributed by atoms with Crippen molar-refractivity contribution in [3.05, 3.63) is 23.7 Å². The first-order valence-corrected chi connectivity index (χ1v) is 5.40. The number of allylic oxidation sites excluding steroid dienone is 3. The summed E-state index contributed by atoms with van der Waals surface area (Å²) in [7, 11) is 0. The van der Waals surface area contributed by atoms with Crippen molar-refractivity contribution < 1.29 is 4.74 Å². The van der Waals surface area contributed by atoms with E-state index in [9.17, 15) is 0 Å². The Morgan fingerprint density at radius 3 is 2.50 bits per heavy atom. The Morgan fingerprint density at radius 2 is 2.00 bits per heavy atom. The molecule has 0 saturated heterocycles. The summed E-state index contributed by atoms with van der Waals surface area (Å²) in [5, 5.41) is 0. The standard InChI is InChI=1S/C12H23NO/c1-4-5-10-14-12(11(2)3)8-6-7-9-13/h5,10H,4,6-9,13H2,1-3H3/b10-5-. The van der Waals surface area contributed by atoms with Crippen LogP contribution in [0.15, 0.2) is 23.7 Å². The molecule has 0 amide bonds. The molecule has 0 aromatic heterocycles. The SMILES string of the molecule is CC/C=C\OC(CCCCN)=C(C)C. The zero-order chi connectivity index (χ0) is 10.8. The largest absolute Gasteiger partial charge is 0.470 e. The highest BCUT2D eigenvalue weighted by Crippen LogP contribution is 2.14. The van der Waals surface area contributed by atoms with Gasteiger partial charge in [-0.25, -0.2) is 0 Å². The maximum atomic E-state index is 5.55. The Morgan fingerprint density at radius 1 is 1.29 bits per heavy atom. The molecule has 0 bridgehead atoms. The molecule has 0 saturated carbocycles. The summed E-state index contributed by atoms with van der Waals surface area (Å²) >= 11 is 0. The van der Waals surface area contributed by atoms with Gasteiger partial charge in [0.15, 0.2) is 0 Å². The van der Waals surface area contributed by atoms with E-state index in [1.807, 2.05) is 6.08 Å². The third kappa shape index (κ3) is 6.72. The van der Waals surface area contributed by atoms with Crippen LogP contribution in [0.1, 0.15) is 46.5 Å². The number of ether oxygens (including phenoxy) is 1. The van der Waals surface area contributed by atoms with Crippen molar-refractivity contribution in [2.75, 3.05) is 6.54 Å². The molecule has 2 N–H and O–H groups in total. The number of hydrogen-bond donors (Lipinski definition) is 1. The van der Waals surface area contributed by atoms with Crippen molar-refractivity contribution in [1.29, 1.82) is 0 Å². The van der Waals surface area contributed by atoms with Crippen LogP contribution in [0.25, 0.3) is 0 Å². The first kappa shape index (κ1) is 13.2. The molecular weight excluding hydrogens is 174 g/mol. The van der Waals surface area contributed by atoms with E-state index in [-0.39, 0.29) is 0 Å². The fourth-order valence-electron chi connectivity index (χ4n) is 1.08. The molecule has 0 atom stereocenters. The van der Waals surface area contributed by atoms with Gasteiger partial charge in [-0.05, 0) is 51.3 Å². The van der Waals surface area contributed by atoms with E-state index >= 15 is 0 Å². The van der Waals surface area contributed by atoms with Crippen molar-refractivity contribution in [2.45, 2.75) is 46.5 Å². The summed E-state index contributed by atoms with van der Waals surface area (Å²) in [5.41, 5.74) is 6.69. The fraction of sp³-hybridized carbons (Fsp3) is 0.667. The van der Waals surface area contributed by atoms with Crippen LogP contribution in [-0.4, -0.2) is 6.54 Å². The van der Waals surface area contributed by atoms with E-state index in [1.54, 1.807) is 6.26 Å². The lowest BCUT2D eigenvalue weighted by Crippen LogP contribution is -1.99. The van der Waals surface area contributed by atoms with Crippen LogP contribution >= 0.6 is 0 Å². The highest BCUT2D eigenvalue weighted by Gasteiger charge is 1.99. The van der Waals surface area contributed by atoms with Gasteiger partial charge in [-0.3, -0.25) is 0 Å². The molecule has 2 heteroatoms. The van der Waals surface area contributed by atoms with Crippen molar-refractivity contribution in [1.82, 2.24) is 0 Å². The smallest absolute Gasteiger partial charge is 0.102 e. The average molecular weight is 197 g/mol. The summed E-state index contributed by atoms with van der Waals surface area (Å²) in [6, 6.07) is 0. The molecular formula is C12H23NO. The van der Waals surface area contributed by atoms with E-state index in [0.29, 0.717) is 0 Å². The zero-order valence-electron chi connectivity index (χ0n) is 9.68. The second kappa shape index (κ2) is 8.82. The van der Waals surface area contributed by atoms with E-state index in [1.165, 1.54) is 5.57 Å². The number of rotatable bonds is 7. The first-order valence-electron chi connectivity index (χ1n) is 5.40. The molecule has 0 aromatic rings. The molecule has 0 aliphatic heterocycles. The van der Waals surface area contributed by atoms with Gasteiger partial charge in [0, 0.05) is 6.42 Å².